The molecule has 0 spiro atoms. The Hall–Kier alpha value is -1.02. The van der Waals surface area contributed by atoms with Crippen molar-refractivity contribution in [2.45, 2.75) is 19.2 Å². The second-order valence-electron chi connectivity index (χ2n) is 2.97. The van der Waals surface area contributed by atoms with Gasteiger partial charge in [-0.15, -0.1) is 11.6 Å². The van der Waals surface area contributed by atoms with Crippen molar-refractivity contribution >= 4 is 17.6 Å². The van der Waals surface area contributed by atoms with E-state index in [4.69, 9.17) is 16.3 Å². The quantitative estimate of drug-likeness (QED) is 0.569. The van der Waals surface area contributed by atoms with Crippen LogP contribution in [0.1, 0.15) is 23.4 Å². The summed E-state index contributed by atoms with van der Waals surface area (Å²) < 4.78 is 4.84. The number of carbonyl (C=O) groups is 1. The normalized spacial score (nSPS) is 12.2. The van der Waals surface area contributed by atoms with Crippen LogP contribution in [0.15, 0.2) is 24.3 Å². The fourth-order valence-corrected chi connectivity index (χ4v) is 1.52. The highest BCUT2D eigenvalue weighted by molar-refractivity contribution is 6.30. The van der Waals surface area contributed by atoms with Gasteiger partial charge in [-0.05, 0) is 25.0 Å². The third-order valence-electron chi connectivity index (χ3n) is 1.96. The van der Waals surface area contributed by atoms with Gasteiger partial charge >= 0.3 is 5.97 Å². The van der Waals surface area contributed by atoms with E-state index in [0.29, 0.717) is 6.61 Å². The lowest BCUT2D eigenvalue weighted by atomic mass is 10.1. The average Bonchev–Trinajstić information content (AvgIpc) is 2.18. The minimum absolute atomic E-state index is 0.355. The van der Waals surface area contributed by atoms with Crippen LogP contribution in [-0.4, -0.2) is 12.6 Å². The highest BCUT2D eigenvalue weighted by atomic mass is 35.5. The van der Waals surface area contributed by atoms with Gasteiger partial charge in [0.1, 0.15) is 0 Å². The van der Waals surface area contributed by atoms with Crippen LogP contribution in [-0.2, 0) is 9.53 Å². The smallest absolute Gasteiger partial charge is 0.328 e. The standard InChI is InChI=1S/C11H13ClO2/c1-3-14-11(13)10(12)9-7-5-4-6-8(9)2/h4-7,10H,3H2,1-2H3. The van der Waals surface area contributed by atoms with E-state index in [9.17, 15) is 4.79 Å². The van der Waals surface area contributed by atoms with Gasteiger partial charge in [-0.25, -0.2) is 0 Å². The Bertz CT molecular complexity index is 323. The van der Waals surface area contributed by atoms with Crippen LogP contribution in [0.5, 0.6) is 0 Å². The second-order valence-corrected chi connectivity index (χ2v) is 3.41. The lowest BCUT2D eigenvalue weighted by Gasteiger charge is -2.10. The number of hydrogen-bond acceptors (Lipinski definition) is 2. The summed E-state index contributed by atoms with van der Waals surface area (Å²) in [6.07, 6.45) is 0. The summed E-state index contributed by atoms with van der Waals surface area (Å²) in [5.41, 5.74) is 1.81. The Morgan fingerprint density at radius 3 is 2.71 bits per heavy atom. The molecule has 0 fully saturated rings. The van der Waals surface area contributed by atoms with Gasteiger partial charge in [0.05, 0.1) is 6.61 Å². The molecular weight excluding hydrogens is 200 g/mol. The molecular formula is C11H13ClO2. The second kappa shape index (κ2) is 5.01. The summed E-state index contributed by atoms with van der Waals surface area (Å²) in [4.78, 5) is 11.3. The molecule has 0 N–H and O–H groups in total. The van der Waals surface area contributed by atoms with Crippen molar-refractivity contribution in [1.82, 2.24) is 0 Å². The molecule has 0 aromatic heterocycles. The molecule has 0 amide bonds. The molecule has 1 unspecified atom stereocenters. The summed E-state index contributed by atoms with van der Waals surface area (Å²) in [6, 6.07) is 7.53. The number of rotatable bonds is 3. The van der Waals surface area contributed by atoms with Crippen LogP contribution in [0.25, 0.3) is 0 Å². The van der Waals surface area contributed by atoms with Gasteiger partial charge in [-0.2, -0.15) is 0 Å². The Kier molecular flexibility index (Phi) is 3.96. The third kappa shape index (κ3) is 2.48. The molecule has 1 rings (SSSR count). The number of ether oxygens (including phenoxy) is 1. The molecule has 0 heterocycles. The number of halogens is 1. The minimum atomic E-state index is -0.698. The summed E-state index contributed by atoms with van der Waals surface area (Å²) in [7, 11) is 0. The zero-order chi connectivity index (χ0) is 10.6. The van der Waals surface area contributed by atoms with E-state index in [1.54, 1.807) is 6.92 Å². The molecule has 0 aliphatic carbocycles. The molecule has 14 heavy (non-hydrogen) atoms. The van der Waals surface area contributed by atoms with Crippen molar-refractivity contribution in [3.05, 3.63) is 35.4 Å². The van der Waals surface area contributed by atoms with E-state index < -0.39 is 5.38 Å². The molecule has 1 aromatic carbocycles. The summed E-state index contributed by atoms with van der Waals surface area (Å²) >= 11 is 5.97. The van der Waals surface area contributed by atoms with Crippen molar-refractivity contribution in [3.8, 4) is 0 Å². The third-order valence-corrected chi connectivity index (χ3v) is 2.37. The summed E-state index contributed by atoms with van der Waals surface area (Å²) in [5.74, 6) is -0.386. The highest BCUT2D eigenvalue weighted by Crippen LogP contribution is 2.24. The van der Waals surface area contributed by atoms with Crippen LogP contribution in [0.2, 0.25) is 0 Å². The zero-order valence-corrected chi connectivity index (χ0v) is 9.04. The van der Waals surface area contributed by atoms with Gasteiger partial charge in [-0.3, -0.25) is 4.79 Å². The zero-order valence-electron chi connectivity index (χ0n) is 8.29. The Morgan fingerprint density at radius 2 is 2.14 bits per heavy atom. The molecule has 1 aromatic rings. The summed E-state index contributed by atoms with van der Waals surface area (Å²) in [5, 5.41) is -0.698. The van der Waals surface area contributed by atoms with Gasteiger partial charge < -0.3 is 4.74 Å². The Balaban J connectivity index is 2.84. The lowest BCUT2D eigenvalue weighted by Crippen LogP contribution is -2.11. The van der Waals surface area contributed by atoms with Gasteiger partial charge in [0.2, 0.25) is 0 Å². The van der Waals surface area contributed by atoms with Crippen molar-refractivity contribution in [3.63, 3.8) is 0 Å². The number of benzene rings is 1. The number of carbonyl (C=O) groups excluding carboxylic acids is 1. The first-order valence-corrected chi connectivity index (χ1v) is 4.96. The molecule has 2 nitrogen and oxygen atoms in total. The first-order chi connectivity index (χ1) is 6.66. The van der Waals surface area contributed by atoms with Crippen molar-refractivity contribution in [2.75, 3.05) is 6.61 Å². The van der Waals surface area contributed by atoms with Crippen molar-refractivity contribution in [2.24, 2.45) is 0 Å². The van der Waals surface area contributed by atoms with Gasteiger partial charge in [-0.1, -0.05) is 24.3 Å². The van der Waals surface area contributed by atoms with E-state index in [-0.39, 0.29) is 5.97 Å². The topological polar surface area (TPSA) is 26.3 Å². The number of alkyl halides is 1. The molecule has 76 valence electrons. The van der Waals surface area contributed by atoms with E-state index in [0.717, 1.165) is 11.1 Å². The van der Waals surface area contributed by atoms with Gasteiger partial charge in [0.25, 0.3) is 0 Å². The Morgan fingerprint density at radius 1 is 1.50 bits per heavy atom. The van der Waals surface area contributed by atoms with Crippen LogP contribution in [0.4, 0.5) is 0 Å². The molecule has 0 aliphatic heterocycles. The predicted molar refractivity (Wildman–Crippen MR) is 56.4 cm³/mol. The van der Waals surface area contributed by atoms with Gasteiger partial charge in [0, 0.05) is 0 Å². The van der Waals surface area contributed by atoms with E-state index in [1.165, 1.54) is 0 Å². The highest BCUT2D eigenvalue weighted by Gasteiger charge is 2.19. The van der Waals surface area contributed by atoms with Crippen LogP contribution < -0.4 is 0 Å². The van der Waals surface area contributed by atoms with Crippen molar-refractivity contribution in [1.29, 1.82) is 0 Å². The fourth-order valence-electron chi connectivity index (χ4n) is 1.21. The Labute approximate surface area is 88.8 Å². The maximum absolute atomic E-state index is 11.3. The molecule has 0 saturated carbocycles. The maximum atomic E-state index is 11.3. The van der Waals surface area contributed by atoms with Crippen LogP contribution >= 0.6 is 11.6 Å². The van der Waals surface area contributed by atoms with Crippen LogP contribution in [0, 0.1) is 6.92 Å². The molecule has 1 atom stereocenters. The number of aryl methyl sites for hydroxylation is 1. The minimum Gasteiger partial charge on any atom is -0.465 e. The number of hydrogen-bond donors (Lipinski definition) is 0. The first kappa shape index (κ1) is 11.1. The predicted octanol–water partition coefficient (Wildman–Crippen LogP) is 2.84. The maximum Gasteiger partial charge on any atom is 0.328 e. The molecule has 0 aliphatic rings. The lowest BCUT2D eigenvalue weighted by molar-refractivity contribution is -0.142. The van der Waals surface area contributed by atoms with E-state index in [1.807, 2.05) is 31.2 Å². The molecule has 0 radical (unpaired) electrons. The largest absolute Gasteiger partial charge is 0.465 e. The molecule has 0 saturated heterocycles. The molecule has 0 bridgehead atoms. The van der Waals surface area contributed by atoms with Crippen molar-refractivity contribution < 1.29 is 9.53 Å². The monoisotopic (exact) mass is 212 g/mol. The van der Waals surface area contributed by atoms with E-state index >= 15 is 0 Å². The SMILES string of the molecule is CCOC(=O)C(Cl)c1ccccc1C. The van der Waals surface area contributed by atoms with Gasteiger partial charge in [0.15, 0.2) is 5.38 Å². The van der Waals surface area contributed by atoms with Crippen LogP contribution in [0.3, 0.4) is 0 Å². The number of esters is 1. The fraction of sp³-hybridized carbons (Fsp3) is 0.364. The summed E-state index contributed by atoms with van der Waals surface area (Å²) in [6.45, 7) is 4.04. The van der Waals surface area contributed by atoms with E-state index in [2.05, 4.69) is 0 Å². The average molecular weight is 213 g/mol. The molecule has 3 heteroatoms. The first-order valence-electron chi connectivity index (χ1n) is 4.53.